The minimum atomic E-state index is -3.52. The third-order valence-electron chi connectivity index (χ3n) is 5.09. The van der Waals surface area contributed by atoms with E-state index in [0.717, 1.165) is 33.2 Å². The Morgan fingerprint density at radius 3 is 2.37 bits per heavy atom. The molecule has 0 amide bonds. The number of nitrogens with one attached hydrogen (secondary N) is 2. The lowest BCUT2D eigenvalue weighted by atomic mass is 10.00. The van der Waals surface area contributed by atoms with Gasteiger partial charge in [-0.3, -0.25) is 0 Å². The molecule has 2 heterocycles. The summed E-state index contributed by atoms with van der Waals surface area (Å²) in [6, 6.07) is 8.43. The number of aromatic nitrogens is 1. The number of nitrogens with zero attached hydrogens (tertiary/aromatic N) is 1. The second-order valence-corrected chi connectivity index (χ2v) is 8.86. The molecule has 0 radical (unpaired) electrons. The number of sulfonamides is 1. The lowest BCUT2D eigenvalue weighted by molar-refractivity contribution is 0.360. The number of benzene rings is 2. The smallest absolute Gasteiger partial charge is 0.243 e. The van der Waals surface area contributed by atoms with E-state index in [9.17, 15) is 12.8 Å². The van der Waals surface area contributed by atoms with E-state index in [1.807, 2.05) is 32.2 Å². The van der Waals surface area contributed by atoms with Gasteiger partial charge in [0.05, 0.1) is 4.90 Å². The summed E-state index contributed by atoms with van der Waals surface area (Å²) in [4.78, 5) is 3.48. The maximum Gasteiger partial charge on any atom is 0.243 e. The summed E-state index contributed by atoms with van der Waals surface area (Å²) in [5.41, 5.74) is 4.02. The summed E-state index contributed by atoms with van der Waals surface area (Å²) >= 11 is 0. The highest BCUT2D eigenvalue weighted by Gasteiger charge is 2.29. The SMILES string of the molecule is Cc1cc(-c2c[nH]c3cc(F)ccc23)cc(C)c1S(=O)(=O)N1CCNCC1. The van der Waals surface area contributed by atoms with Crippen molar-refractivity contribution in [1.82, 2.24) is 14.6 Å². The molecule has 0 atom stereocenters. The largest absolute Gasteiger partial charge is 0.360 e. The molecule has 2 N–H and O–H groups in total. The van der Waals surface area contributed by atoms with Gasteiger partial charge in [0.1, 0.15) is 5.82 Å². The van der Waals surface area contributed by atoms with Crippen LogP contribution in [0.3, 0.4) is 0 Å². The zero-order valence-electron chi connectivity index (χ0n) is 15.3. The lowest BCUT2D eigenvalue weighted by Gasteiger charge is -2.28. The van der Waals surface area contributed by atoms with Crippen LogP contribution in [0.25, 0.3) is 22.0 Å². The van der Waals surface area contributed by atoms with Crippen molar-refractivity contribution in [2.75, 3.05) is 26.2 Å². The molecule has 1 aromatic heterocycles. The number of aryl methyl sites for hydroxylation is 2. The molecular formula is C20H22FN3O2S. The number of H-pyrrole nitrogens is 1. The molecule has 0 bridgehead atoms. The highest BCUT2D eigenvalue weighted by atomic mass is 32.2. The van der Waals surface area contributed by atoms with Crippen LogP contribution in [0.5, 0.6) is 0 Å². The summed E-state index contributed by atoms with van der Waals surface area (Å²) in [6.07, 6.45) is 1.84. The number of hydrogen-bond acceptors (Lipinski definition) is 3. The molecule has 2 aromatic carbocycles. The molecule has 0 unspecified atom stereocenters. The van der Waals surface area contributed by atoms with Crippen molar-refractivity contribution >= 4 is 20.9 Å². The van der Waals surface area contributed by atoms with E-state index < -0.39 is 10.0 Å². The fraction of sp³-hybridized carbons (Fsp3) is 0.300. The van der Waals surface area contributed by atoms with Crippen LogP contribution < -0.4 is 5.32 Å². The summed E-state index contributed by atoms with van der Waals surface area (Å²) < 4.78 is 41.2. The van der Waals surface area contributed by atoms with Gasteiger partial charge >= 0.3 is 0 Å². The summed E-state index contributed by atoms with van der Waals surface area (Å²) in [6.45, 7) is 5.97. The molecule has 142 valence electrons. The minimum absolute atomic E-state index is 0.291. The molecule has 3 aromatic rings. The molecule has 5 nitrogen and oxygen atoms in total. The molecule has 0 spiro atoms. The van der Waals surface area contributed by atoms with E-state index in [-0.39, 0.29) is 5.82 Å². The topological polar surface area (TPSA) is 65.2 Å². The van der Waals surface area contributed by atoms with Crippen molar-refractivity contribution in [2.24, 2.45) is 0 Å². The van der Waals surface area contributed by atoms with Crippen LogP contribution in [-0.2, 0) is 10.0 Å². The fourth-order valence-corrected chi connectivity index (χ4v) is 5.72. The van der Waals surface area contributed by atoms with Gasteiger partial charge in [0.25, 0.3) is 0 Å². The minimum Gasteiger partial charge on any atom is -0.360 e. The van der Waals surface area contributed by atoms with Crippen molar-refractivity contribution in [3.63, 3.8) is 0 Å². The van der Waals surface area contributed by atoms with E-state index >= 15 is 0 Å². The van der Waals surface area contributed by atoms with Gasteiger partial charge in [-0.15, -0.1) is 0 Å². The predicted molar refractivity (Wildman–Crippen MR) is 105 cm³/mol. The molecule has 1 aliphatic heterocycles. The summed E-state index contributed by atoms with van der Waals surface area (Å²) in [5.74, 6) is -0.291. The van der Waals surface area contributed by atoms with Gasteiger partial charge in [0, 0.05) is 48.8 Å². The second kappa shape index (κ2) is 6.74. The van der Waals surface area contributed by atoms with Crippen LogP contribution in [-0.4, -0.2) is 43.9 Å². The predicted octanol–water partition coefficient (Wildman–Crippen LogP) is 3.18. The first-order valence-corrected chi connectivity index (χ1v) is 10.4. The monoisotopic (exact) mass is 387 g/mol. The van der Waals surface area contributed by atoms with Gasteiger partial charge < -0.3 is 10.3 Å². The lowest BCUT2D eigenvalue weighted by Crippen LogP contribution is -2.46. The average Bonchev–Trinajstić information content (AvgIpc) is 3.04. The first-order valence-electron chi connectivity index (χ1n) is 8.97. The van der Waals surface area contributed by atoms with E-state index in [4.69, 9.17) is 0 Å². The number of halogens is 1. The average molecular weight is 387 g/mol. The molecular weight excluding hydrogens is 365 g/mol. The molecule has 1 fully saturated rings. The molecule has 4 rings (SSSR count). The maximum absolute atomic E-state index is 13.4. The molecule has 7 heteroatoms. The Labute approximate surface area is 158 Å². The van der Waals surface area contributed by atoms with Gasteiger partial charge in [0.2, 0.25) is 10.0 Å². The van der Waals surface area contributed by atoms with Gasteiger partial charge in [-0.1, -0.05) is 0 Å². The second-order valence-electron chi connectivity index (χ2n) is 6.99. The van der Waals surface area contributed by atoms with Crippen LogP contribution >= 0.6 is 0 Å². The van der Waals surface area contributed by atoms with Crippen LogP contribution in [0.15, 0.2) is 41.4 Å². The highest BCUT2D eigenvalue weighted by molar-refractivity contribution is 7.89. The normalized spacial score (nSPS) is 16.1. The van der Waals surface area contributed by atoms with Gasteiger partial charge in [-0.25, -0.2) is 12.8 Å². The Balaban J connectivity index is 1.80. The Kier molecular flexibility index (Phi) is 4.53. The first-order chi connectivity index (χ1) is 12.9. The van der Waals surface area contributed by atoms with Crippen LogP contribution in [0.1, 0.15) is 11.1 Å². The Hall–Kier alpha value is -2.22. The van der Waals surface area contributed by atoms with Crippen LogP contribution in [0.2, 0.25) is 0 Å². The summed E-state index contributed by atoms with van der Waals surface area (Å²) in [7, 11) is -3.52. The molecule has 1 aliphatic rings. The van der Waals surface area contributed by atoms with Crippen molar-refractivity contribution in [2.45, 2.75) is 18.7 Å². The third kappa shape index (κ3) is 3.16. The molecule has 0 saturated carbocycles. The molecule has 1 saturated heterocycles. The van der Waals surface area contributed by atoms with Crippen LogP contribution in [0.4, 0.5) is 4.39 Å². The van der Waals surface area contributed by atoms with E-state index in [1.165, 1.54) is 12.1 Å². The molecule has 0 aliphatic carbocycles. The number of hydrogen-bond donors (Lipinski definition) is 2. The number of fused-ring (bicyclic) bond motifs is 1. The van der Waals surface area contributed by atoms with Gasteiger partial charge in [0.15, 0.2) is 0 Å². The van der Waals surface area contributed by atoms with Crippen LogP contribution in [0, 0.1) is 19.7 Å². The number of aromatic amines is 1. The molecule has 27 heavy (non-hydrogen) atoms. The highest BCUT2D eigenvalue weighted by Crippen LogP contribution is 2.34. The Morgan fingerprint density at radius 2 is 1.70 bits per heavy atom. The van der Waals surface area contributed by atoms with Crippen molar-refractivity contribution in [3.05, 3.63) is 53.5 Å². The summed E-state index contributed by atoms with van der Waals surface area (Å²) in [5, 5.41) is 4.09. The van der Waals surface area contributed by atoms with Gasteiger partial charge in [-0.2, -0.15) is 4.31 Å². The first kappa shape index (κ1) is 18.2. The van der Waals surface area contributed by atoms with Crippen molar-refractivity contribution in [1.29, 1.82) is 0 Å². The Morgan fingerprint density at radius 1 is 1.04 bits per heavy atom. The van der Waals surface area contributed by atoms with Gasteiger partial charge in [-0.05, 0) is 60.9 Å². The quantitative estimate of drug-likeness (QED) is 0.725. The standard InChI is InChI=1S/C20H22FN3O2S/c1-13-9-15(18-12-23-19-11-16(21)3-4-17(18)19)10-14(2)20(13)27(25,26)24-7-5-22-6-8-24/h3-4,9-12,22-23H,5-8H2,1-2H3. The fourth-order valence-electron chi connectivity index (χ4n) is 3.86. The van der Waals surface area contributed by atoms with E-state index in [0.29, 0.717) is 31.1 Å². The van der Waals surface area contributed by atoms with Crippen molar-refractivity contribution < 1.29 is 12.8 Å². The van der Waals surface area contributed by atoms with E-state index in [1.54, 1.807) is 10.4 Å². The zero-order valence-corrected chi connectivity index (χ0v) is 16.2. The Bertz CT molecular complexity index is 1090. The maximum atomic E-state index is 13.4. The zero-order chi connectivity index (χ0) is 19.2. The number of rotatable bonds is 3. The third-order valence-corrected chi connectivity index (χ3v) is 7.29. The van der Waals surface area contributed by atoms with E-state index in [2.05, 4.69) is 10.3 Å². The number of piperazine rings is 1. The van der Waals surface area contributed by atoms with Crippen molar-refractivity contribution in [3.8, 4) is 11.1 Å².